The first-order valence-electron chi connectivity index (χ1n) is 11.6. The summed E-state index contributed by atoms with van der Waals surface area (Å²) in [5.74, 6) is 1.17. The SMILES string of the molecule is CCc1n([C@H]2CC[C@@H](C(C(N)=O)(c3ccccc3)c3ccccc3)C2)cc[n+]1CCOC. The Bertz CT molecular complexity index is 990. The molecule has 1 saturated carbocycles. The molecule has 3 aromatic rings. The van der Waals surface area contributed by atoms with Crippen molar-refractivity contribution in [3.05, 3.63) is 90.0 Å². The van der Waals surface area contributed by atoms with Gasteiger partial charge in [0.05, 0.1) is 6.61 Å². The largest absolute Gasteiger partial charge is 0.381 e. The van der Waals surface area contributed by atoms with Crippen LogP contribution in [0.15, 0.2) is 73.1 Å². The monoisotopic (exact) mass is 432 g/mol. The van der Waals surface area contributed by atoms with Crippen LogP contribution in [-0.4, -0.2) is 24.2 Å². The molecule has 0 bridgehead atoms. The minimum absolute atomic E-state index is 0.134. The maximum atomic E-state index is 13.3. The van der Waals surface area contributed by atoms with Crippen molar-refractivity contribution in [2.75, 3.05) is 13.7 Å². The Kier molecular flexibility index (Phi) is 6.75. The van der Waals surface area contributed by atoms with Crippen LogP contribution in [0.5, 0.6) is 0 Å². The minimum atomic E-state index is -0.831. The zero-order chi connectivity index (χ0) is 22.6. The quantitative estimate of drug-likeness (QED) is 0.523. The lowest BCUT2D eigenvalue weighted by atomic mass is 9.64. The first kappa shape index (κ1) is 22.3. The third-order valence-electron chi connectivity index (χ3n) is 7.15. The number of ether oxygens (including phenoxy) is 1. The third kappa shape index (κ3) is 3.86. The average molecular weight is 433 g/mol. The molecule has 2 N–H and O–H groups in total. The third-order valence-corrected chi connectivity index (χ3v) is 7.15. The number of aromatic nitrogens is 2. The Labute approximate surface area is 190 Å². The second kappa shape index (κ2) is 9.70. The summed E-state index contributed by atoms with van der Waals surface area (Å²) < 4.78 is 9.98. The van der Waals surface area contributed by atoms with Crippen molar-refractivity contribution in [3.63, 3.8) is 0 Å². The maximum Gasteiger partial charge on any atom is 0.256 e. The van der Waals surface area contributed by atoms with Gasteiger partial charge in [0.1, 0.15) is 30.4 Å². The Morgan fingerprint density at radius 1 is 1.09 bits per heavy atom. The molecule has 5 heteroatoms. The van der Waals surface area contributed by atoms with Crippen LogP contribution < -0.4 is 10.3 Å². The first-order valence-corrected chi connectivity index (χ1v) is 11.6. The molecular weight excluding hydrogens is 398 g/mol. The molecule has 1 heterocycles. The number of hydrogen-bond acceptors (Lipinski definition) is 2. The highest BCUT2D eigenvalue weighted by Gasteiger charge is 2.51. The molecule has 168 valence electrons. The fourth-order valence-electron chi connectivity index (χ4n) is 5.71. The van der Waals surface area contributed by atoms with Crippen LogP contribution in [0.1, 0.15) is 49.2 Å². The highest BCUT2D eigenvalue weighted by molar-refractivity contribution is 5.91. The Morgan fingerprint density at radius 2 is 1.72 bits per heavy atom. The van der Waals surface area contributed by atoms with Crippen molar-refractivity contribution in [1.29, 1.82) is 0 Å². The minimum Gasteiger partial charge on any atom is -0.381 e. The van der Waals surface area contributed by atoms with Crippen LogP contribution in [0.25, 0.3) is 0 Å². The van der Waals surface area contributed by atoms with E-state index >= 15 is 0 Å². The van der Waals surface area contributed by atoms with Crippen molar-refractivity contribution < 1.29 is 14.1 Å². The summed E-state index contributed by atoms with van der Waals surface area (Å²) in [6.45, 7) is 3.74. The molecule has 1 amide bonds. The number of rotatable bonds is 9. The molecule has 2 atom stereocenters. The van der Waals surface area contributed by atoms with E-state index in [1.807, 2.05) is 36.4 Å². The molecule has 0 radical (unpaired) electrons. The molecule has 1 fully saturated rings. The molecule has 2 aromatic carbocycles. The molecule has 32 heavy (non-hydrogen) atoms. The van der Waals surface area contributed by atoms with Crippen molar-refractivity contribution >= 4 is 5.91 Å². The molecule has 0 saturated heterocycles. The van der Waals surface area contributed by atoms with Gasteiger partial charge < -0.3 is 10.5 Å². The van der Waals surface area contributed by atoms with Gasteiger partial charge in [-0.15, -0.1) is 0 Å². The van der Waals surface area contributed by atoms with Crippen LogP contribution in [0, 0.1) is 5.92 Å². The van der Waals surface area contributed by atoms with Gasteiger partial charge in [0.15, 0.2) is 0 Å². The number of nitrogens with zero attached hydrogens (tertiary/aromatic N) is 2. The van der Waals surface area contributed by atoms with Crippen LogP contribution in [0.2, 0.25) is 0 Å². The summed E-state index contributed by atoms with van der Waals surface area (Å²) in [5.41, 5.74) is 7.40. The van der Waals surface area contributed by atoms with Crippen LogP contribution in [0.4, 0.5) is 0 Å². The average Bonchev–Trinajstić information content (AvgIpc) is 3.46. The Balaban J connectivity index is 1.73. The number of hydrogen-bond donors (Lipinski definition) is 1. The second-order valence-electron chi connectivity index (χ2n) is 8.73. The Hall–Kier alpha value is -2.92. The normalized spacial score (nSPS) is 18.7. The molecule has 0 unspecified atom stereocenters. The van der Waals surface area contributed by atoms with Crippen LogP contribution in [-0.2, 0) is 27.9 Å². The van der Waals surface area contributed by atoms with Gasteiger partial charge in [-0.3, -0.25) is 4.79 Å². The van der Waals surface area contributed by atoms with Crippen molar-refractivity contribution in [2.45, 2.75) is 50.6 Å². The lowest BCUT2D eigenvalue weighted by molar-refractivity contribution is -0.705. The van der Waals surface area contributed by atoms with E-state index < -0.39 is 5.41 Å². The van der Waals surface area contributed by atoms with Gasteiger partial charge >= 0.3 is 0 Å². The lowest BCUT2D eigenvalue weighted by Crippen LogP contribution is -2.47. The molecule has 1 aromatic heterocycles. The zero-order valence-corrected chi connectivity index (χ0v) is 19.1. The smallest absolute Gasteiger partial charge is 0.256 e. The van der Waals surface area contributed by atoms with Gasteiger partial charge in [-0.25, -0.2) is 9.13 Å². The van der Waals surface area contributed by atoms with E-state index in [0.29, 0.717) is 12.6 Å². The summed E-state index contributed by atoms with van der Waals surface area (Å²) in [5, 5.41) is 0. The summed E-state index contributed by atoms with van der Waals surface area (Å²) in [6.07, 6.45) is 8.20. The first-order chi connectivity index (χ1) is 15.6. The number of imidazole rings is 1. The van der Waals surface area contributed by atoms with E-state index in [0.717, 1.165) is 43.4 Å². The highest BCUT2D eigenvalue weighted by Crippen LogP contribution is 2.49. The summed E-state index contributed by atoms with van der Waals surface area (Å²) in [7, 11) is 1.74. The second-order valence-corrected chi connectivity index (χ2v) is 8.73. The predicted molar refractivity (Wildman–Crippen MR) is 125 cm³/mol. The summed E-state index contributed by atoms with van der Waals surface area (Å²) >= 11 is 0. The number of carbonyl (C=O) groups is 1. The van der Waals surface area contributed by atoms with E-state index in [-0.39, 0.29) is 11.8 Å². The van der Waals surface area contributed by atoms with Crippen molar-refractivity contribution in [3.8, 4) is 0 Å². The molecule has 1 aliphatic rings. The molecule has 0 aliphatic heterocycles. The summed E-state index contributed by atoms with van der Waals surface area (Å²) in [4.78, 5) is 13.3. The van der Waals surface area contributed by atoms with Gasteiger partial charge in [-0.2, -0.15) is 0 Å². The van der Waals surface area contributed by atoms with Crippen LogP contribution >= 0.6 is 0 Å². The standard InChI is InChI=1S/C27H33N3O2/c1-3-25-29(18-19-32-2)16-17-30(25)24-15-14-23(20-24)27(26(28)31,21-10-6-4-7-11-21)22-12-8-5-9-13-22/h4-13,16-17,23-24H,3,14-15,18-20H2,1-2H3,(H-,28,31)/p+1/t23-,24+/m1/s1. The molecular formula is C27H34N3O2+. The van der Waals surface area contributed by atoms with E-state index in [1.165, 1.54) is 5.82 Å². The number of primary amides is 1. The lowest BCUT2D eigenvalue weighted by Gasteiger charge is -2.37. The van der Waals surface area contributed by atoms with Gasteiger partial charge in [0.2, 0.25) is 5.91 Å². The van der Waals surface area contributed by atoms with Crippen molar-refractivity contribution in [1.82, 2.24) is 4.57 Å². The topological polar surface area (TPSA) is 61.1 Å². The maximum absolute atomic E-state index is 13.3. The highest BCUT2D eigenvalue weighted by atomic mass is 16.5. The molecule has 0 spiro atoms. The number of nitrogens with two attached hydrogens (primary N) is 1. The zero-order valence-electron chi connectivity index (χ0n) is 19.1. The number of methoxy groups -OCH3 is 1. The van der Waals surface area contributed by atoms with Crippen LogP contribution in [0.3, 0.4) is 0 Å². The van der Waals surface area contributed by atoms with Gasteiger partial charge in [-0.1, -0.05) is 67.6 Å². The van der Waals surface area contributed by atoms with Gasteiger partial charge in [0.25, 0.3) is 5.82 Å². The van der Waals surface area contributed by atoms with Crippen molar-refractivity contribution in [2.24, 2.45) is 11.7 Å². The number of benzene rings is 2. The van der Waals surface area contributed by atoms with E-state index in [4.69, 9.17) is 10.5 Å². The predicted octanol–water partition coefficient (Wildman–Crippen LogP) is 3.80. The number of carbonyl (C=O) groups excluding carboxylic acids is 1. The molecule has 1 aliphatic carbocycles. The van der Waals surface area contributed by atoms with Gasteiger partial charge in [0, 0.05) is 13.5 Å². The number of amides is 1. The summed E-state index contributed by atoms with van der Waals surface area (Å²) in [6, 6.07) is 20.6. The van der Waals surface area contributed by atoms with E-state index in [9.17, 15) is 4.79 Å². The molecule has 5 nitrogen and oxygen atoms in total. The fraction of sp³-hybridized carbons (Fsp3) is 0.407. The van der Waals surface area contributed by atoms with Gasteiger partial charge in [-0.05, 0) is 36.3 Å². The van der Waals surface area contributed by atoms with E-state index in [1.54, 1.807) is 7.11 Å². The fourth-order valence-corrected chi connectivity index (χ4v) is 5.71. The van der Waals surface area contributed by atoms with E-state index in [2.05, 4.69) is 52.7 Å². The Morgan fingerprint density at radius 3 is 2.25 bits per heavy atom. The molecule has 4 rings (SSSR count).